The molecular formula is C23H18FN7OS. The lowest BCUT2D eigenvalue weighted by Crippen LogP contribution is -2.25. The van der Waals surface area contributed by atoms with E-state index in [2.05, 4.69) is 25.7 Å². The number of pyridine rings is 1. The van der Waals surface area contributed by atoms with E-state index >= 15 is 0 Å². The Labute approximate surface area is 192 Å². The molecular weight excluding hydrogens is 441 g/mol. The first-order valence-corrected chi connectivity index (χ1v) is 11.1. The molecule has 2 aromatic carbocycles. The van der Waals surface area contributed by atoms with Gasteiger partial charge in [-0.2, -0.15) is 0 Å². The van der Waals surface area contributed by atoms with Gasteiger partial charge in [-0.15, -0.1) is 20.4 Å². The Hall–Kier alpha value is -4.05. The molecule has 0 radical (unpaired) electrons. The van der Waals surface area contributed by atoms with Gasteiger partial charge in [0.1, 0.15) is 5.82 Å². The lowest BCUT2D eigenvalue weighted by Gasteiger charge is -2.11. The molecule has 1 amide bonds. The first-order valence-electron chi connectivity index (χ1n) is 10.1. The number of hydrogen-bond acceptors (Lipinski definition) is 6. The van der Waals surface area contributed by atoms with Gasteiger partial charge in [-0.1, -0.05) is 48.2 Å². The Morgan fingerprint density at radius 1 is 0.909 bits per heavy atom. The molecule has 5 rings (SSSR count). The van der Waals surface area contributed by atoms with Gasteiger partial charge in [-0.3, -0.25) is 13.8 Å². The average molecular weight is 460 g/mol. The molecule has 3 heterocycles. The van der Waals surface area contributed by atoms with E-state index in [0.29, 0.717) is 28.0 Å². The molecule has 33 heavy (non-hydrogen) atoms. The SMILES string of the molecule is O=C(CSc1nnc(-c2ccccc2F)n1-c1ccccc1)NCc1nnc2ccccn12. The lowest BCUT2D eigenvalue weighted by atomic mass is 10.2. The van der Waals surface area contributed by atoms with Crippen molar-refractivity contribution in [1.29, 1.82) is 0 Å². The number of para-hydroxylation sites is 1. The van der Waals surface area contributed by atoms with Gasteiger partial charge in [0.05, 0.1) is 17.9 Å². The van der Waals surface area contributed by atoms with Crippen LogP contribution in [0.25, 0.3) is 22.7 Å². The molecule has 0 unspecified atom stereocenters. The van der Waals surface area contributed by atoms with E-state index in [0.717, 1.165) is 5.69 Å². The third kappa shape index (κ3) is 4.33. The van der Waals surface area contributed by atoms with Crippen LogP contribution in [-0.4, -0.2) is 41.0 Å². The van der Waals surface area contributed by atoms with E-state index in [9.17, 15) is 9.18 Å². The van der Waals surface area contributed by atoms with E-state index in [1.165, 1.54) is 17.8 Å². The van der Waals surface area contributed by atoms with Crippen LogP contribution >= 0.6 is 11.8 Å². The van der Waals surface area contributed by atoms with E-state index in [4.69, 9.17) is 0 Å². The number of hydrogen-bond donors (Lipinski definition) is 1. The Morgan fingerprint density at radius 2 is 1.70 bits per heavy atom. The average Bonchev–Trinajstić information content (AvgIpc) is 3.46. The molecule has 0 aliphatic heterocycles. The van der Waals surface area contributed by atoms with Crippen LogP contribution in [0, 0.1) is 5.82 Å². The van der Waals surface area contributed by atoms with Crippen molar-refractivity contribution in [1.82, 2.24) is 34.7 Å². The number of amides is 1. The largest absolute Gasteiger partial charge is 0.348 e. The van der Waals surface area contributed by atoms with Crippen LogP contribution in [0.3, 0.4) is 0 Å². The number of halogens is 1. The second kappa shape index (κ2) is 9.21. The summed E-state index contributed by atoms with van der Waals surface area (Å²) in [4.78, 5) is 12.5. The molecule has 0 saturated heterocycles. The van der Waals surface area contributed by atoms with Crippen LogP contribution in [0.4, 0.5) is 4.39 Å². The second-order valence-corrected chi connectivity index (χ2v) is 8.01. The van der Waals surface area contributed by atoms with Gasteiger partial charge in [0, 0.05) is 11.9 Å². The van der Waals surface area contributed by atoms with E-state index < -0.39 is 5.82 Å². The summed E-state index contributed by atoms with van der Waals surface area (Å²) < 4.78 is 18.0. The lowest BCUT2D eigenvalue weighted by molar-refractivity contribution is -0.118. The van der Waals surface area contributed by atoms with Crippen molar-refractivity contribution in [3.05, 3.63) is 90.6 Å². The fourth-order valence-electron chi connectivity index (χ4n) is 3.36. The molecule has 0 aliphatic carbocycles. The molecule has 0 atom stereocenters. The summed E-state index contributed by atoms with van der Waals surface area (Å²) in [6.07, 6.45) is 1.85. The number of nitrogens with one attached hydrogen (secondary N) is 1. The van der Waals surface area contributed by atoms with Gasteiger partial charge in [0.15, 0.2) is 22.5 Å². The summed E-state index contributed by atoms with van der Waals surface area (Å²) in [7, 11) is 0. The number of nitrogens with zero attached hydrogens (tertiary/aromatic N) is 6. The van der Waals surface area contributed by atoms with Gasteiger partial charge >= 0.3 is 0 Å². The standard InChI is InChI=1S/C23H18FN7OS/c24-18-11-5-4-10-17(18)22-28-29-23(31(22)16-8-2-1-3-9-16)33-15-21(32)25-14-20-27-26-19-12-6-7-13-30(19)20/h1-13H,14-15H2,(H,25,32). The zero-order valence-electron chi connectivity index (χ0n) is 17.3. The van der Waals surface area contributed by atoms with Gasteiger partial charge in [0.25, 0.3) is 0 Å². The van der Waals surface area contributed by atoms with Crippen molar-refractivity contribution in [3.8, 4) is 17.1 Å². The maximum atomic E-state index is 14.5. The Bertz CT molecular complexity index is 1420. The van der Waals surface area contributed by atoms with Crippen molar-refractivity contribution < 1.29 is 9.18 Å². The Morgan fingerprint density at radius 3 is 2.55 bits per heavy atom. The molecule has 164 valence electrons. The van der Waals surface area contributed by atoms with E-state index in [-0.39, 0.29) is 18.2 Å². The third-order valence-electron chi connectivity index (χ3n) is 4.92. The summed E-state index contributed by atoms with van der Waals surface area (Å²) in [6.45, 7) is 0.246. The number of carbonyl (C=O) groups excluding carboxylic acids is 1. The van der Waals surface area contributed by atoms with Crippen molar-refractivity contribution in [2.45, 2.75) is 11.7 Å². The van der Waals surface area contributed by atoms with Crippen LogP contribution in [0.1, 0.15) is 5.82 Å². The zero-order chi connectivity index (χ0) is 22.6. The summed E-state index contributed by atoms with van der Waals surface area (Å²) in [5, 5.41) is 20.0. The Kier molecular flexibility index (Phi) is 5.81. The number of aromatic nitrogens is 6. The number of thioether (sulfide) groups is 1. The Balaban J connectivity index is 1.34. The smallest absolute Gasteiger partial charge is 0.230 e. The van der Waals surface area contributed by atoms with Gasteiger partial charge in [-0.05, 0) is 36.4 Å². The van der Waals surface area contributed by atoms with Gasteiger partial charge in [0.2, 0.25) is 5.91 Å². The monoisotopic (exact) mass is 459 g/mol. The maximum Gasteiger partial charge on any atom is 0.230 e. The fourth-order valence-corrected chi connectivity index (χ4v) is 4.14. The maximum absolute atomic E-state index is 14.5. The molecule has 0 spiro atoms. The molecule has 5 aromatic rings. The highest BCUT2D eigenvalue weighted by Crippen LogP contribution is 2.29. The minimum atomic E-state index is -0.392. The van der Waals surface area contributed by atoms with Crippen molar-refractivity contribution >= 4 is 23.3 Å². The molecule has 0 saturated carbocycles. The van der Waals surface area contributed by atoms with Crippen LogP contribution < -0.4 is 5.32 Å². The number of carbonyl (C=O) groups is 1. The normalized spacial score (nSPS) is 11.1. The van der Waals surface area contributed by atoms with Crippen LogP contribution in [0.2, 0.25) is 0 Å². The topological polar surface area (TPSA) is 90.0 Å². The van der Waals surface area contributed by atoms with Crippen LogP contribution in [0.5, 0.6) is 0 Å². The van der Waals surface area contributed by atoms with Crippen molar-refractivity contribution in [2.24, 2.45) is 0 Å². The predicted octanol–water partition coefficient (Wildman–Crippen LogP) is 3.52. The summed E-state index contributed by atoms with van der Waals surface area (Å²) in [5.41, 5.74) is 1.83. The highest BCUT2D eigenvalue weighted by atomic mass is 32.2. The number of rotatable bonds is 7. The van der Waals surface area contributed by atoms with E-state index in [1.54, 1.807) is 22.8 Å². The van der Waals surface area contributed by atoms with Gasteiger partial charge < -0.3 is 5.32 Å². The number of fused-ring (bicyclic) bond motifs is 1. The highest BCUT2D eigenvalue weighted by molar-refractivity contribution is 7.99. The zero-order valence-corrected chi connectivity index (χ0v) is 18.1. The molecule has 0 bridgehead atoms. The van der Waals surface area contributed by atoms with Crippen molar-refractivity contribution in [3.63, 3.8) is 0 Å². The number of benzene rings is 2. The van der Waals surface area contributed by atoms with Crippen molar-refractivity contribution in [2.75, 3.05) is 5.75 Å². The first kappa shape index (κ1) is 20.8. The molecule has 1 N–H and O–H groups in total. The predicted molar refractivity (Wildman–Crippen MR) is 122 cm³/mol. The third-order valence-corrected chi connectivity index (χ3v) is 5.85. The molecule has 3 aromatic heterocycles. The van der Waals surface area contributed by atoms with Crippen LogP contribution in [-0.2, 0) is 11.3 Å². The minimum absolute atomic E-state index is 0.110. The molecule has 8 nitrogen and oxygen atoms in total. The quantitative estimate of drug-likeness (QED) is 0.375. The van der Waals surface area contributed by atoms with Gasteiger partial charge in [-0.25, -0.2) is 4.39 Å². The first-order chi connectivity index (χ1) is 16.2. The summed E-state index contributed by atoms with van der Waals surface area (Å²) in [6, 6.07) is 21.4. The summed E-state index contributed by atoms with van der Waals surface area (Å²) in [5.74, 6) is 0.536. The molecule has 0 aliphatic rings. The van der Waals surface area contributed by atoms with E-state index in [1.807, 2.05) is 59.1 Å². The molecule has 0 fully saturated rings. The minimum Gasteiger partial charge on any atom is -0.348 e. The highest BCUT2D eigenvalue weighted by Gasteiger charge is 2.19. The molecule has 10 heteroatoms. The van der Waals surface area contributed by atoms with Crippen LogP contribution in [0.15, 0.2) is 84.1 Å². The fraction of sp³-hybridized carbons (Fsp3) is 0.0870. The summed E-state index contributed by atoms with van der Waals surface area (Å²) >= 11 is 1.22. The second-order valence-electron chi connectivity index (χ2n) is 7.07.